The van der Waals surface area contributed by atoms with Crippen molar-refractivity contribution in [1.29, 1.82) is 5.41 Å². The fourth-order valence-electron chi connectivity index (χ4n) is 3.73. The molecule has 5 rings (SSSR count). The van der Waals surface area contributed by atoms with Crippen LogP contribution >= 0.6 is 11.8 Å². The number of aliphatic imine (C=N–C) groups is 1. The number of benzene rings is 2. The molecular weight excluding hydrogens is 424 g/mol. The first-order valence-corrected chi connectivity index (χ1v) is 10.9. The van der Waals surface area contributed by atoms with Gasteiger partial charge in [0.2, 0.25) is 5.17 Å². The van der Waals surface area contributed by atoms with Gasteiger partial charge in [-0.2, -0.15) is 15.1 Å². The summed E-state index contributed by atoms with van der Waals surface area (Å²) < 4.78 is 5.53. The van der Waals surface area contributed by atoms with Gasteiger partial charge < -0.3 is 4.42 Å². The molecule has 0 unspecified atom stereocenters. The summed E-state index contributed by atoms with van der Waals surface area (Å²) in [5.41, 5.74) is 1.48. The Hall–Kier alpha value is -3.78. The minimum Gasteiger partial charge on any atom is -0.463 e. The number of amides is 1. The standard InChI is InChI=1S/C24H18N4O3S/c1-2-16(14-8-4-3-5-9-14)23-27-28-21(25)18(22(30)26-24(28)32-23)12-15-13-31-19-11-7-6-10-17(19)20(15)29/h3-13,16,25H,2H2,1H3/b18-12+,25-21?/t16-/m1/s1. The summed E-state index contributed by atoms with van der Waals surface area (Å²) in [6, 6.07) is 16.9. The second kappa shape index (κ2) is 8.05. The van der Waals surface area contributed by atoms with Crippen LogP contribution in [0.25, 0.3) is 17.0 Å². The van der Waals surface area contributed by atoms with Gasteiger partial charge in [0.1, 0.15) is 16.9 Å². The first kappa shape index (κ1) is 20.1. The zero-order chi connectivity index (χ0) is 22.2. The number of carbonyl (C=O) groups excluding carboxylic acids is 1. The van der Waals surface area contributed by atoms with Gasteiger partial charge in [-0.25, -0.2) is 0 Å². The smallest absolute Gasteiger partial charge is 0.283 e. The van der Waals surface area contributed by atoms with Crippen LogP contribution in [-0.2, 0) is 4.79 Å². The molecular formula is C24H18N4O3S. The average Bonchev–Trinajstić information content (AvgIpc) is 3.23. The van der Waals surface area contributed by atoms with E-state index in [0.29, 0.717) is 16.1 Å². The van der Waals surface area contributed by atoms with Crippen molar-refractivity contribution in [3.63, 3.8) is 0 Å². The second-order valence-electron chi connectivity index (χ2n) is 7.35. The Morgan fingerprint density at radius 2 is 1.88 bits per heavy atom. The van der Waals surface area contributed by atoms with Crippen LogP contribution in [0.3, 0.4) is 0 Å². The number of thioether (sulfide) groups is 1. The molecule has 2 aliphatic heterocycles. The van der Waals surface area contributed by atoms with Gasteiger partial charge in [-0.15, -0.1) is 0 Å². The first-order chi connectivity index (χ1) is 15.6. The predicted molar refractivity (Wildman–Crippen MR) is 127 cm³/mol. The van der Waals surface area contributed by atoms with Crippen molar-refractivity contribution in [3.05, 3.63) is 87.8 Å². The lowest BCUT2D eigenvalue weighted by Gasteiger charge is -2.20. The van der Waals surface area contributed by atoms with E-state index in [0.717, 1.165) is 17.0 Å². The lowest BCUT2D eigenvalue weighted by molar-refractivity contribution is -0.114. The second-order valence-corrected chi connectivity index (χ2v) is 8.33. The highest BCUT2D eigenvalue weighted by Crippen LogP contribution is 2.35. The number of hydrazone groups is 1. The summed E-state index contributed by atoms with van der Waals surface area (Å²) >= 11 is 1.30. The molecule has 7 nitrogen and oxygen atoms in total. The molecule has 1 aromatic heterocycles. The molecule has 1 N–H and O–H groups in total. The number of fused-ring (bicyclic) bond motifs is 2. The zero-order valence-corrected chi connectivity index (χ0v) is 17.9. The van der Waals surface area contributed by atoms with Crippen LogP contribution in [0, 0.1) is 5.41 Å². The molecule has 0 radical (unpaired) electrons. The van der Waals surface area contributed by atoms with Gasteiger partial charge in [0, 0.05) is 5.92 Å². The van der Waals surface area contributed by atoms with E-state index in [4.69, 9.17) is 9.83 Å². The Kier molecular flexibility index (Phi) is 5.07. The van der Waals surface area contributed by atoms with Gasteiger partial charge in [-0.3, -0.25) is 15.0 Å². The van der Waals surface area contributed by atoms with Crippen molar-refractivity contribution in [2.45, 2.75) is 19.3 Å². The molecule has 1 amide bonds. The summed E-state index contributed by atoms with van der Waals surface area (Å²) in [5.74, 6) is -0.652. The van der Waals surface area contributed by atoms with Crippen LogP contribution in [-0.4, -0.2) is 27.0 Å². The van der Waals surface area contributed by atoms with Gasteiger partial charge in [-0.1, -0.05) is 49.4 Å². The lowest BCUT2D eigenvalue weighted by atomic mass is 9.98. The molecule has 3 aromatic rings. The van der Waals surface area contributed by atoms with Gasteiger partial charge in [0.05, 0.1) is 16.5 Å². The number of hydrogen-bond acceptors (Lipinski definition) is 6. The largest absolute Gasteiger partial charge is 0.463 e. The minimum absolute atomic E-state index is 0.00492. The third kappa shape index (κ3) is 3.38. The van der Waals surface area contributed by atoms with Crippen molar-refractivity contribution < 1.29 is 9.21 Å². The average molecular weight is 443 g/mol. The topological polar surface area (TPSA) is 99.1 Å². The third-order valence-corrected chi connectivity index (χ3v) is 6.41. The number of para-hydroxylation sites is 1. The summed E-state index contributed by atoms with van der Waals surface area (Å²) in [6.07, 6.45) is 3.47. The van der Waals surface area contributed by atoms with E-state index in [1.54, 1.807) is 24.3 Å². The maximum atomic E-state index is 12.8. The molecule has 0 aliphatic carbocycles. The fourth-order valence-corrected chi connectivity index (χ4v) is 4.84. The molecule has 158 valence electrons. The Balaban J connectivity index is 1.52. The molecule has 1 atom stereocenters. The van der Waals surface area contributed by atoms with Crippen LogP contribution < -0.4 is 5.43 Å². The highest BCUT2D eigenvalue weighted by Gasteiger charge is 2.37. The molecule has 0 saturated carbocycles. The fraction of sp³-hybridized carbons (Fsp3) is 0.125. The van der Waals surface area contributed by atoms with E-state index in [2.05, 4.69) is 17.0 Å². The Morgan fingerprint density at radius 1 is 1.12 bits per heavy atom. The first-order valence-electron chi connectivity index (χ1n) is 10.1. The van der Waals surface area contributed by atoms with Gasteiger partial charge in [0.15, 0.2) is 11.3 Å². The summed E-state index contributed by atoms with van der Waals surface area (Å²) in [7, 11) is 0. The van der Waals surface area contributed by atoms with E-state index in [1.807, 2.05) is 30.3 Å². The minimum atomic E-state index is -0.578. The van der Waals surface area contributed by atoms with Crippen LogP contribution in [0.5, 0.6) is 0 Å². The molecule has 8 heteroatoms. The van der Waals surface area contributed by atoms with Crippen molar-refractivity contribution in [2.24, 2.45) is 10.1 Å². The molecule has 2 aromatic carbocycles. The van der Waals surface area contributed by atoms with Gasteiger partial charge in [-0.05, 0) is 42.0 Å². The van der Waals surface area contributed by atoms with E-state index in [-0.39, 0.29) is 28.3 Å². The van der Waals surface area contributed by atoms with E-state index < -0.39 is 5.91 Å². The van der Waals surface area contributed by atoms with Crippen molar-refractivity contribution >= 4 is 50.8 Å². The molecule has 0 spiro atoms. The maximum Gasteiger partial charge on any atom is 0.283 e. The summed E-state index contributed by atoms with van der Waals surface area (Å²) in [5, 5.41) is 16.1. The van der Waals surface area contributed by atoms with Crippen LogP contribution in [0.4, 0.5) is 0 Å². The predicted octanol–water partition coefficient (Wildman–Crippen LogP) is 4.61. The normalized spacial score (nSPS) is 18.0. The van der Waals surface area contributed by atoms with Crippen LogP contribution in [0.1, 0.15) is 30.4 Å². The number of hydrogen-bond donors (Lipinski definition) is 1. The van der Waals surface area contributed by atoms with Gasteiger partial charge >= 0.3 is 0 Å². The number of amidine groups is 2. The highest BCUT2D eigenvalue weighted by molar-refractivity contribution is 8.27. The van der Waals surface area contributed by atoms with Crippen LogP contribution in [0.15, 0.2) is 85.7 Å². The van der Waals surface area contributed by atoms with E-state index >= 15 is 0 Å². The lowest BCUT2D eigenvalue weighted by Crippen LogP contribution is -2.35. The molecule has 32 heavy (non-hydrogen) atoms. The van der Waals surface area contributed by atoms with Crippen LogP contribution in [0.2, 0.25) is 0 Å². The number of carbonyl (C=O) groups is 1. The molecule has 2 aliphatic rings. The van der Waals surface area contributed by atoms with E-state index in [9.17, 15) is 9.59 Å². The SMILES string of the molecule is CC[C@@H](C1=NN2C(=N)/C(=C\c3coc4ccccc4c3=O)C(=O)N=C2S1)c1ccccc1. The van der Waals surface area contributed by atoms with Crippen molar-refractivity contribution in [3.8, 4) is 0 Å². The molecule has 3 heterocycles. The third-order valence-electron chi connectivity index (χ3n) is 5.38. The number of rotatable bonds is 4. The Labute approximate surface area is 187 Å². The zero-order valence-electron chi connectivity index (χ0n) is 17.1. The number of nitrogens with zero attached hydrogens (tertiary/aromatic N) is 3. The molecule has 0 saturated heterocycles. The van der Waals surface area contributed by atoms with Crippen molar-refractivity contribution in [2.75, 3.05) is 0 Å². The summed E-state index contributed by atoms with van der Waals surface area (Å²) in [6.45, 7) is 2.07. The number of nitrogens with one attached hydrogen (secondary N) is 1. The quantitative estimate of drug-likeness (QED) is 0.595. The molecule has 0 bridgehead atoms. The Bertz CT molecular complexity index is 1410. The maximum absolute atomic E-state index is 12.8. The highest BCUT2D eigenvalue weighted by atomic mass is 32.2. The monoisotopic (exact) mass is 442 g/mol. The summed E-state index contributed by atoms with van der Waals surface area (Å²) in [4.78, 5) is 29.7. The Morgan fingerprint density at radius 3 is 2.66 bits per heavy atom. The van der Waals surface area contributed by atoms with Crippen molar-refractivity contribution in [1.82, 2.24) is 5.01 Å². The van der Waals surface area contributed by atoms with E-state index in [1.165, 1.54) is 29.1 Å². The molecule has 0 fully saturated rings. The van der Waals surface area contributed by atoms with Gasteiger partial charge in [0.25, 0.3) is 5.91 Å².